The van der Waals surface area contributed by atoms with Crippen molar-refractivity contribution in [2.24, 2.45) is 0 Å². The summed E-state index contributed by atoms with van der Waals surface area (Å²) in [6, 6.07) is 9.21. The van der Waals surface area contributed by atoms with Gasteiger partial charge in [0.05, 0.1) is 16.9 Å². The van der Waals surface area contributed by atoms with Crippen molar-refractivity contribution < 1.29 is 18.7 Å². The second-order valence-electron chi connectivity index (χ2n) is 4.95. The van der Waals surface area contributed by atoms with Crippen LogP contribution in [0.5, 0.6) is 0 Å². The highest BCUT2D eigenvalue weighted by atomic mass is 32.2. The maximum absolute atomic E-state index is 12.3. The molecule has 1 saturated heterocycles. The van der Waals surface area contributed by atoms with Crippen LogP contribution in [0.25, 0.3) is 17.0 Å². The summed E-state index contributed by atoms with van der Waals surface area (Å²) in [7, 11) is 0. The van der Waals surface area contributed by atoms with Crippen LogP contribution < -0.4 is 5.32 Å². The smallest absolute Gasteiger partial charge is 0.346 e. The highest BCUT2D eigenvalue weighted by Gasteiger charge is 2.33. The monoisotopic (exact) mass is 345 g/mol. The van der Waals surface area contributed by atoms with E-state index in [0.717, 1.165) is 5.56 Å². The zero-order valence-electron chi connectivity index (χ0n) is 13.1. The van der Waals surface area contributed by atoms with E-state index in [2.05, 4.69) is 15.5 Å². The molecule has 124 valence electrons. The number of nitrogens with one attached hydrogen (secondary N) is 1. The largest absolute Gasteiger partial charge is 0.462 e. The zero-order valence-corrected chi connectivity index (χ0v) is 13.9. The van der Waals surface area contributed by atoms with Gasteiger partial charge in [0.2, 0.25) is 11.8 Å². The quantitative estimate of drug-likeness (QED) is 0.670. The van der Waals surface area contributed by atoms with E-state index in [1.807, 2.05) is 30.3 Å². The Balaban J connectivity index is 2.01. The second kappa shape index (κ2) is 6.88. The molecule has 0 bridgehead atoms. The van der Waals surface area contributed by atoms with E-state index in [0.29, 0.717) is 5.03 Å². The van der Waals surface area contributed by atoms with Crippen molar-refractivity contribution in [2.45, 2.75) is 19.1 Å². The molecule has 0 spiro atoms. The molecule has 1 amide bonds. The Kier molecular flexibility index (Phi) is 4.66. The van der Waals surface area contributed by atoms with Crippen LogP contribution in [0.1, 0.15) is 19.7 Å². The molecule has 0 saturated carbocycles. The Morgan fingerprint density at radius 3 is 2.71 bits per heavy atom. The van der Waals surface area contributed by atoms with Crippen molar-refractivity contribution in [3.05, 3.63) is 41.3 Å². The molecule has 24 heavy (non-hydrogen) atoms. The lowest BCUT2D eigenvalue weighted by Crippen LogP contribution is -2.21. The fraction of sp³-hybridized carbons (Fsp3) is 0.250. The molecule has 1 aliphatic heterocycles. The van der Waals surface area contributed by atoms with Crippen molar-refractivity contribution in [1.82, 2.24) is 15.5 Å². The third-order valence-electron chi connectivity index (χ3n) is 3.27. The van der Waals surface area contributed by atoms with E-state index in [-0.39, 0.29) is 35.1 Å². The third-order valence-corrected chi connectivity index (χ3v) is 4.38. The average molecular weight is 345 g/mol. The molecular weight excluding hydrogens is 330 g/mol. The molecule has 1 aliphatic rings. The first kappa shape index (κ1) is 16.3. The molecule has 3 rings (SSSR count). The van der Waals surface area contributed by atoms with E-state index in [4.69, 9.17) is 9.15 Å². The number of rotatable bonds is 4. The highest BCUT2D eigenvalue weighted by Crippen LogP contribution is 2.34. The van der Waals surface area contributed by atoms with Crippen LogP contribution >= 0.6 is 11.8 Å². The number of thioether (sulfide) groups is 1. The first-order valence-electron chi connectivity index (χ1n) is 7.38. The van der Waals surface area contributed by atoms with E-state index in [9.17, 15) is 9.59 Å². The summed E-state index contributed by atoms with van der Waals surface area (Å²) in [5.41, 5.74) is 0.815. The SMILES string of the molecule is CCOC(=O)/C(=C1/NC(=O)C(C)S1)c1nnc(-c2ccccc2)o1. The fourth-order valence-electron chi connectivity index (χ4n) is 2.10. The minimum atomic E-state index is -0.613. The number of carbonyl (C=O) groups excluding carboxylic acids is 2. The van der Waals surface area contributed by atoms with Crippen molar-refractivity contribution >= 4 is 29.2 Å². The molecule has 1 atom stereocenters. The number of hydrogen-bond donors (Lipinski definition) is 1. The lowest BCUT2D eigenvalue weighted by Gasteiger charge is -2.06. The molecular formula is C16H15N3O4S. The lowest BCUT2D eigenvalue weighted by molar-refractivity contribution is -0.136. The molecule has 1 fully saturated rings. The fourth-order valence-corrected chi connectivity index (χ4v) is 3.06. The van der Waals surface area contributed by atoms with Gasteiger partial charge in [-0.3, -0.25) is 4.79 Å². The maximum atomic E-state index is 12.3. The van der Waals surface area contributed by atoms with Gasteiger partial charge in [0.1, 0.15) is 0 Å². The van der Waals surface area contributed by atoms with Crippen LogP contribution in [0.3, 0.4) is 0 Å². The summed E-state index contributed by atoms with van der Waals surface area (Å²) < 4.78 is 10.7. The standard InChI is InChI=1S/C16H15N3O4S/c1-3-22-16(21)11(15-17-12(20)9(2)24-15)14-19-18-13(23-14)10-7-5-4-6-8-10/h4-9H,3H2,1-2H3,(H,17,20)/b15-11-. The Morgan fingerprint density at radius 1 is 1.33 bits per heavy atom. The van der Waals surface area contributed by atoms with Crippen molar-refractivity contribution in [2.75, 3.05) is 6.61 Å². The van der Waals surface area contributed by atoms with Gasteiger partial charge in [-0.1, -0.05) is 30.0 Å². The number of esters is 1. The molecule has 0 aliphatic carbocycles. The van der Waals surface area contributed by atoms with Gasteiger partial charge in [-0.05, 0) is 26.0 Å². The van der Waals surface area contributed by atoms with E-state index >= 15 is 0 Å². The molecule has 2 heterocycles. The molecule has 1 aromatic carbocycles. The van der Waals surface area contributed by atoms with Crippen LogP contribution in [0.4, 0.5) is 0 Å². The van der Waals surface area contributed by atoms with Gasteiger partial charge in [0, 0.05) is 5.56 Å². The average Bonchev–Trinajstić information content (AvgIpc) is 3.17. The molecule has 1 unspecified atom stereocenters. The molecule has 1 aromatic heterocycles. The van der Waals surface area contributed by atoms with Gasteiger partial charge >= 0.3 is 5.97 Å². The predicted octanol–water partition coefficient (Wildman–Crippen LogP) is 2.22. The number of nitrogens with zero attached hydrogens (tertiary/aromatic N) is 2. The topological polar surface area (TPSA) is 94.3 Å². The third kappa shape index (κ3) is 3.18. The highest BCUT2D eigenvalue weighted by molar-refractivity contribution is 8.05. The number of hydrogen-bond acceptors (Lipinski definition) is 7. The van der Waals surface area contributed by atoms with Crippen molar-refractivity contribution in [1.29, 1.82) is 0 Å². The van der Waals surface area contributed by atoms with Crippen LogP contribution in [-0.4, -0.2) is 33.9 Å². The molecule has 2 aromatic rings. The van der Waals surface area contributed by atoms with Gasteiger partial charge in [0.25, 0.3) is 5.89 Å². The molecule has 1 N–H and O–H groups in total. The summed E-state index contributed by atoms with van der Waals surface area (Å²) in [6.45, 7) is 3.65. The minimum absolute atomic E-state index is 0.0178. The zero-order chi connectivity index (χ0) is 17.1. The number of amides is 1. The van der Waals surface area contributed by atoms with Gasteiger partial charge in [-0.15, -0.1) is 10.2 Å². The van der Waals surface area contributed by atoms with Gasteiger partial charge in [-0.25, -0.2) is 4.79 Å². The Hall–Kier alpha value is -2.61. The second-order valence-corrected chi connectivity index (χ2v) is 6.30. The van der Waals surface area contributed by atoms with E-state index < -0.39 is 5.97 Å². The first-order valence-corrected chi connectivity index (χ1v) is 8.26. The minimum Gasteiger partial charge on any atom is -0.462 e. The summed E-state index contributed by atoms with van der Waals surface area (Å²) in [5, 5.41) is 10.7. The molecule has 8 heteroatoms. The van der Waals surface area contributed by atoms with Crippen LogP contribution in [-0.2, 0) is 14.3 Å². The van der Waals surface area contributed by atoms with E-state index in [1.54, 1.807) is 13.8 Å². The molecule has 7 nitrogen and oxygen atoms in total. The summed E-state index contributed by atoms with van der Waals surface area (Å²) in [5.74, 6) is -0.489. The van der Waals surface area contributed by atoms with E-state index in [1.165, 1.54) is 11.8 Å². The lowest BCUT2D eigenvalue weighted by atomic mass is 10.2. The number of carbonyl (C=O) groups is 2. The normalized spacial score (nSPS) is 19.1. The van der Waals surface area contributed by atoms with Crippen LogP contribution in [0, 0.1) is 0 Å². The van der Waals surface area contributed by atoms with Crippen LogP contribution in [0.2, 0.25) is 0 Å². The number of ether oxygens (including phenoxy) is 1. The van der Waals surface area contributed by atoms with Gasteiger partial charge in [0.15, 0.2) is 5.57 Å². The number of benzene rings is 1. The maximum Gasteiger partial charge on any atom is 0.346 e. The summed E-state index contributed by atoms with van der Waals surface area (Å²) in [4.78, 5) is 24.1. The predicted molar refractivity (Wildman–Crippen MR) is 88.5 cm³/mol. The van der Waals surface area contributed by atoms with Crippen molar-refractivity contribution in [3.63, 3.8) is 0 Å². The number of aromatic nitrogens is 2. The first-order chi connectivity index (χ1) is 11.6. The van der Waals surface area contributed by atoms with Crippen molar-refractivity contribution in [3.8, 4) is 11.5 Å². The van der Waals surface area contributed by atoms with Crippen LogP contribution in [0.15, 0.2) is 39.8 Å². The summed E-state index contributed by atoms with van der Waals surface area (Å²) in [6.07, 6.45) is 0. The Morgan fingerprint density at radius 2 is 2.08 bits per heavy atom. The van der Waals surface area contributed by atoms with Gasteiger partial charge in [-0.2, -0.15) is 0 Å². The Bertz CT molecular complexity index is 801. The van der Waals surface area contributed by atoms with Gasteiger partial charge < -0.3 is 14.5 Å². The Labute approximate surface area is 142 Å². The summed E-state index contributed by atoms with van der Waals surface area (Å²) >= 11 is 1.23. The molecule has 0 radical (unpaired) electrons.